The summed E-state index contributed by atoms with van der Waals surface area (Å²) in [5, 5.41) is 12.7. The predicted octanol–water partition coefficient (Wildman–Crippen LogP) is 7.92. The lowest BCUT2D eigenvalue weighted by molar-refractivity contribution is -0.392. The Morgan fingerprint density at radius 2 is 1.31 bits per heavy atom. The Kier molecular flexibility index (Phi) is 10.9. The molecule has 2 fully saturated rings. The molecule has 0 unspecified atom stereocenters. The van der Waals surface area contributed by atoms with Crippen LogP contribution in [0.1, 0.15) is 68.1 Å². The first-order valence-electron chi connectivity index (χ1n) is 16.1. The van der Waals surface area contributed by atoms with Gasteiger partial charge in [-0.25, -0.2) is 21.6 Å². The number of carbonyl (C=O) groups is 1. The highest BCUT2D eigenvalue weighted by Crippen LogP contribution is 2.54. The summed E-state index contributed by atoms with van der Waals surface area (Å²) in [4.78, 5) is 12.6. The van der Waals surface area contributed by atoms with E-state index >= 15 is 0 Å². The van der Waals surface area contributed by atoms with Gasteiger partial charge in [-0.15, -0.1) is 0 Å². The summed E-state index contributed by atoms with van der Waals surface area (Å²) in [5.74, 6) is -4.23. The summed E-state index contributed by atoms with van der Waals surface area (Å²) in [5.41, 5.74) is -7.93. The second kappa shape index (κ2) is 14.4. The molecule has 278 valence electrons. The molecule has 0 spiro atoms. The molecule has 16 heteroatoms. The third-order valence-electron chi connectivity index (χ3n) is 9.96. The van der Waals surface area contributed by atoms with Crippen LogP contribution in [0.4, 0.5) is 39.5 Å². The number of alkyl halides is 6. The van der Waals surface area contributed by atoms with Crippen molar-refractivity contribution >= 4 is 15.7 Å². The van der Waals surface area contributed by atoms with Crippen molar-refractivity contribution in [1.82, 2.24) is 5.32 Å². The van der Waals surface area contributed by atoms with E-state index in [4.69, 9.17) is 0 Å². The Balaban J connectivity index is 1.51. The van der Waals surface area contributed by atoms with E-state index in [1.165, 1.54) is 0 Å². The van der Waals surface area contributed by atoms with Crippen molar-refractivity contribution in [3.63, 3.8) is 0 Å². The fraction of sp³-hybridized carbons (Fsp3) is 0.457. The average molecular weight is 752 g/mol. The number of rotatable bonds is 9. The van der Waals surface area contributed by atoms with E-state index in [9.17, 15) is 57.8 Å². The standard InChI is InChI=1S/C35H34F9NO5S/c36-24-10-14-27(15-11-24)51(48,49)32(18-16-25(17-19-32)45-31(47)21-4-12-26(46)13-5-21)22-6-8-23(9-7-22)33(34(39,40)41,35(42,43)44)50-20-28-29(37)2-1-3-30(28)38/h1-3,6-11,14-15,21,25-26,46H,4-5,12-13,16-20H2,(H,45,47)/t21?,25-,26?,32+. The van der Waals surface area contributed by atoms with Gasteiger partial charge in [-0.05, 0) is 93.3 Å². The molecule has 0 atom stereocenters. The molecule has 51 heavy (non-hydrogen) atoms. The predicted molar refractivity (Wildman–Crippen MR) is 165 cm³/mol. The van der Waals surface area contributed by atoms with Crippen molar-refractivity contribution in [2.75, 3.05) is 0 Å². The molecule has 6 nitrogen and oxygen atoms in total. The maximum absolute atomic E-state index is 14.5. The summed E-state index contributed by atoms with van der Waals surface area (Å²) in [6.45, 7) is -1.75. The number of nitrogens with one attached hydrogen (secondary N) is 1. The molecule has 5 rings (SSSR count). The minimum Gasteiger partial charge on any atom is -0.393 e. The Morgan fingerprint density at radius 3 is 1.82 bits per heavy atom. The molecular weight excluding hydrogens is 717 g/mol. The van der Waals surface area contributed by atoms with Gasteiger partial charge in [-0.2, -0.15) is 26.3 Å². The van der Waals surface area contributed by atoms with Crippen molar-refractivity contribution in [3.05, 3.63) is 101 Å². The molecule has 0 bridgehead atoms. The molecule has 1 amide bonds. The number of hydrogen-bond donors (Lipinski definition) is 2. The molecule has 0 aromatic heterocycles. The largest absolute Gasteiger partial charge is 0.430 e. The highest BCUT2D eigenvalue weighted by molar-refractivity contribution is 7.92. The van der Waals surface area contributed by atoms with Crippen LogP contribution < -0.4 is 5.32 Å². The molecule has 2 aliphatic rings. The zero-order chi connectivity index (χ0) is 37.4. The first kappa shape index (κ1) is 38.6. The first-order valence-corrected chi connectivity index (χ1v) is 17.6. The number of sulfone groups is 1. The maximum Gasteiger partial charge on any atom is 0.430 e. The molecule has 0 aliphatic heterocycles. The van der Waals surface area contributed by atoms with Gasteiger partial charge in [-0.3, -0.25) is 4.79 Å². The third-order valence-corrected chi connectivity index (χ3v) is 12.5. The fourth-order valence-electron chi connectivity index (χ4n) is 7.03. The molecule has 3 aromatic rings. The quantitative estimate of drug-likeness (QED) is 0.171. The van der Waals surface area contributed by atoms with E-state index in [1.807, 2.05) is 0 Å². The summed E-state index contributed by atoms with van der Waals surface area (Å²) in [6.07, 6.45) is -11.4. The van der Waals surface area contributed by atoms with E-state index in [0.29, 0.717) is 49.9 Å². The van der Waals surface area contributed by atoms with Gasteiger partial charge in [0, 0.05) is 23.1 Å². The van der Waals surface area contributed by atoms with E-state index in [2.05, 4.69) is 10.1 Å². The molecular formula is C35H34F9NO5S. The molecule has 0 saturated heterocycles. The number of benzene rings is 3. The monoisotopic (exact) mass is 751 g/mol. The average Bonchev–Trinajstić information content (AvgIpc) is 3.06. The Morgan fingerprint density at radius 1 is 0.784 bits per heavy atom. The molecule has 0 heterocycles. The smallest absolute Gasteiger partial charge is 0.393 e. The second-order valence-electron chi connectivity index (χ2n) is 13.0. The molecule has 2 saturated carbocycles. The molecule has 0 radical (unpaired) electrons. The number of halogens is 9. The Bertz CT molecular complexity index is 1760. The topological polar surface area (TPSA) is 92.7 Å². The van der Waals surface area contributed by atoms with E-state index in [0.717, 1.165) is 42.5 Å². The Labute approximate surface area is 287 Å². The Hall–Kier alpha value is -3.63. The number of carbonyl (C=O) groups excluding carboxylic acids is 1. The number of hydrogen-bond acceptors (Lipinski definition) is 5. The highest BCUT2D eigenvalue weighted by Gasteiger charge is 2.73. The van der Waals surface area contributed by atoms with Crippen molar-refractivity contribution in [2.24, 2.45) is 5.92 Å². The summed E-state index contributed by atoms with van der Waals surface area (Å²) < 4.78 is 160. The first-order chi connectivity index (χ1) is 23.8. The van der Waals surface area contributed by atoms with Crippen molar-refractivity contribution < 1.29 is 62.6 Å². The van der Waals surface area contributed by atoms with Gasteiger partial charge in [0.25, 0.3) is 5.60 Å². The summed E-state index contributed by atoms with van der Waals surface area (Å²) in [6, 6.07) is 7.89. The zero-order valence-corrected chi connectivity index (χ0v) is 27.7. The van der Waals surface area contributed by atoms with Crippen molar-refractivity contribution in [3.8, 4) is 0 Å². The van der Waals surface area contributed by atoms with Gasteiger partial charge in [0.1, 0.15) is 22.2 Å². The van der Waals surface area contributed by atoms with Crippen LogP contribution in [0, 0.1) is 23.4 Å². The molecule has 2 N–H and O–H groups in total. The highest BCUT2D eigenvalue weighted by atomic mass is 32.2. The van der Waals surface area contributed by atoms with Gasteiger partial charge < -0.3 is 15.2 Å². The van der Waals surface area contributed by atoms with Crippen LogP contribution in [-0.4, -0.2) is 43.9 Å². The van der Waals surface area contributed by atoms with E-state index < -0.39 is 79.9 Å². The number of aliphatic hydroxyl groups excluding tert-OH is 1. The van der Waals surface area contributed by atoms with Crippen LogP contribution in [-0.2, 0) is 36.3 Å². The normalized spacial score (nSPS) is 23.5. The van der Waals surface area contributed by atoms with Gasteiger partial charge in [0.2, 0.25) is 5.91 Å². The van der Waals surface area contributed by atoms with Crippen molar-refractivity contribution in [1.29, 1.82) is 0 Å². The van der Waals surface area contributed by atoms with Crippen LogP contribution in [0.15, 0.2) is 71.6 Å². The lowest BCUT2D eigenvalue weighted by atomic mass is 9.79. The van der Waals surface area contributed by atoms with Crippen LogP contribution in [0.25, 0.3) is 0 Å². The second-order valence-corrected chi connectivity index (χ2v) is 15.2. The minimum absolute atomic E-state index is 0.0651. The molecule has 3 aromatic carbocycles. The minimum atomic E-state index is -6.21. The van der Waals surface area contributed by atoms with E-state index in [-0.39, 0.29) is 48.0 Å². The number of amides is 1. The summed E-state index contributed by atoms with van der Waals surface area (Å²) in [7, 11) is -4.50. The van der Waals surface area contributed by atoms with Crippen molar-refractivity contribution in [2.45, 2.75) is 97.7 Å². The SMILES string of the molecule is O=C(N[C@H]1CC[C@@](c2ccc(C(OCc3c(F)cccc3F)(C(F)(F)F)C(F)(F)F)cc2)(S(=O)(=O)c2ccc(F)cc2)CC1)C1CCC(O)CC1. The number of ether oxygens (including phenoxy) is 1. The summed E-state index contributed by atoms with van der Waals surface area (Å²) >= 11 is 0. The van der Waals surface area contributed by atoms with Crippen LogP contribution >= 0.6 is 0 Å². The fourth-order valence-corrected chi connectivity index (χ4v) is 9.20. The van der Waals surface area contributed by atoms with Gasteiger partial charge >= 0.3 is 12.4 Å². The third kappa shape index (κ3) is 7.36. The van der Waals surface area contributed by atoms with Gasteiger partial charge in [0.05, 0.1) is 17.6 Å². The van der Waals surface area contributed by atoms with Crippen LogP contribution in [0.2, 0.25) is 0 Å². The van der Waals surface area contributed by atoms with Gasteiger partial charge in [0.15, 0.2) is 9.84 Å². The maximum atomic E-state index is 14.5. The van der Waals surface area contributed by atoms with E-state index in [1.54, 1.807) is 0 Å². The lowest BCUT2D eigenvalue weighted by Gasteiger charge is -2.41. The molecule has 2 aliphatic carbocycles. The van der Waals surface area contributed by atoms with Crippen LogP contribution in [0.5, 0.6) is 0 Å². The number of aliphatic hydroxyl groups is 1. The van der Waals surface area contributed by atoms with Crippen LogP contribution in [0.3, 0.4) is 0 Å². The van der Waals surface area contributed by atoms with Gasteiger partial charge in [-0.1, -0.05) is 30.3 Å². The lowest BCUT2D eigenvalue weighted by Crippen LogP contribution is -2.56. The zero-order valence-electron chi connectivity index (χ0n) is 26.8.